The molecule has 0 N–H and O–H groups in total. The molecule has 3 nitrogen and oxygen atoms in total. The molecule has 1 aliphatic heterocycles. The summed E-state index contributed by atoms with van der Waals surface area (Å²) in [5.41, 5.74) is 1.01. The van der Waals surface area contributed by atoms with Gasteiger partial charge in [0.05, 0.1) is 5.54 Å². The van der Waals surface area contributed by atoms with E-state index < -0.39 is 0 Å². The van der Waals surface area contributed by atoms with E-state index in [1.54, 1.807) is 4.90 Å². The number of benzene rings is 1. The second-order valence-electron chi connectivity index (χ2n) is 4.44. The predicted molar refractivity (Wildman–Crippen MR) is 57.4 cm³/mol. The zero-order valence-electron chi connectivity index (χ0n) is 9.06. The zero-order valence-corrected chi connectivity index (χ0v) is 9.06. The van der Waals surface area contributed by atoms with Crippen molar-refractivity contribution in [2.24, 2.45) is 0 Å². The number of ether oxygens (including phenoxy) is 1. The summed E-state index contributed by atoms with van der Waals surface area (Å²) in [5, 5.41) is 0. The topological polar surface area (TPSA) is 29.3 Å². The van der Waals surface area contributed by atoms with E-state index in [4.69, 9.17) is 4.74 Å². The van der Waals surface area contributed by atoms with Crippen molar-refractivity contribution in [3.05, 3.63) is 35.9 Å². The first kappa shape index (κ1) is 10.0. The molecular weight excluding hydrogens is 190 g/mol. The normalized spacial score (nSPS) is 17.3. The Morgan fingerprint density at radius 2 is 2.00 bits per heavy atom. The minimum Gasteiger partial charge on any atom is -0.445 e. The third-order valence-corrected chi connectivity index (χ3v) is 2.60. The fourth-order valence-corrected chi connectivity index (χ4v) is 1.46. The van der Waals surface area contributed by atoms with Crippen LogP contribution >= 0.6 is 0 Å². The molecule has 80 valence electrons. The van der Waals surface area contributed by atoms with Crippen LogP contribution in [0.15, 0.2) is 30.3 Å². The van der Waals surface area contributed by atoms with Crippen LogP contribution in [0.4, 0.5) is 4.79 Å². The number of hydrogen-bond acceptors (Lipinski definition) is 2. The predicted octanol–water partition coefficient (Wildman–Crippen LogP) is 2.42. The molecule has 1 fully saturated rings. The lowest BCUT2D eigenvalue weighted by Crippen LogP contribution is -2.18. The highest BCUT2D eigenvalue weighted by atomic mass is 16.6. The van der Waals surface area contributed by atoms with Gasteiger partial charge in [-0.2, -0.15) is 0 Å². The van der Waals surface area contributed by atoms with Crippen molar-refractivity contribution < 1.29 is 9.53 Å². The Bertz CT molecular complexity index is 359. The van der Waals surface area contributed by atoms with Gasteiger partial charge in [0.1, 0.15) is 6.61 Å². The smallest absolute Gasteiger partial charge is 0.410 e. The lowest BCUT2D eigenvalue weighted by Gasteiger charge is -2.08. The van der Waals surface area contributed by atoms with E-state index in [1.165, 1.54) is 0 Å². The summed E-state index contributed by atoms with van der Waals surface area (Å²) in [4.78, 5) is 13.2. The van der Waals surface area contributed by atoms with Crippen LogP contribution < -0.4 is 0 Å². The Balaban J connectivity index is 1.82. The van der Waals surface area contributed by atoms with Gasteiger partial charge in [-0.3, -0.25) is 4.90 Å². The van der Waals surface area contributed by atoms with Gasteiger partial charge in [-0.25, -0.2) is 4.79 Å². The highest BCUT2D eigenvalue weighted by molar-refractivity contribution is 5.72. The van der Waals surface area contributed by atoms with E-state index >= 15 is 0 Å². The number of carbonyl (C=O) groups is 1. The average molecular weight is 205 g/mol. The molecular formula is C12H15NO2. The van der Waals surface area contributed by atoms with E-state index in [9.17, 15) is 4.79 Å². The molecule has 0 spiro atoms. The van der Waals surface area contributed by atoms with Crippen molar-refractivity contribution in [2.45, 2.75) is 26.0 Å². The molecule has 0 unspecified atom stereocenters. The quantitative estimate of drug-likeness (QED) is 0.694. The summed E-state index contributed by atoms with van der Waals surface area (Å²) in [6.07, 6.45) is -0.219. The van der Waals surface area contributed by atoms with Crippen LogP contribution in [0.3, 0.4) is 0 Å². The summed E-state index contributed by atoms with van der Waals surface area (Å²) < 4.78 is 5.17. The first-order chi connectivity index (χ1) is 7.09. The van der Waals surface area contributed by atoms with Gasteiger partial charge in [-0.1, -0.05) is 30.3 Å². The summed E-state index contributed by atoms with van der Waals surface area (Å²) in [6, 6.07) is 9.70. The second-order valence-corrected chi connectivity index (χ2v) is 4.44. The van der Waals surface area contributed by atoms with Crippen LogP contribution in [0.25, 0.3) is 0 Å². The van der Waals surface area contributed by atoms with Gasteiger partial charge in [0.2, 0.25) is 0 Å². The molecule has 1 saturated heterocycles. The minimum absolute atomic E-state index is 0.00618. The van der Waals surface area contributed by atoms with E-state index in [0.29, 0.717) is 6.61 Å². The van der Waals surface area contributed by atoms with Gasteiger partial charge in [-0.15, -0.1) is 0 Å². The number of hydrogen-bond donors (Lipinski definition) is 0. The molecule has 0 aliphatic carbocycles. The molecule has 1 aromatic rings. The molecule has 0 aromatic heterocycles. The maximum atomic E-state index is 11.5. The Morgan fingerprint density at radius 1 is 1.40 bits per heavy atom. The van der Waals surface area contributed by atoms with Crippen molar-refractivity contribution in [1.82, 2.24) is 4.90 Å². The van der Waals surface area contributed by atoms with Gasteiger partial charge in [0.25, 0.3) is 0 Å². The second kappa shape index (κ2) is 3.57. The average Bonchev–Trinajstić information content (AvgIpc) is 2.86. The molecule has 2 rings (SSSR count). The van der Waals surface area contributed by atoms with Crippen LogP contribution in [-0.2, 0) is 11.3 Å². The van der Waals surface area contributed by atoms with E-state index in [-0.39, 0.29) is 11.6 Å². The van der Waals surface area contributed by atoms with E-state index in [1.807, 2.05) is 44.2 Å². The zero-order chi connectivity index (χ0) is 10.9. The SMILES string of the molecule is CC1(C)CN1C(=O)OCc1ccccc1. The Labute approximate surface area is 89.7 Å². The number of amides is 1. The van der Waals surface area contributed by atoms with Gasteiger partial charge in [-0.05, 0) is 19.4 Å². The van der Waals surface area contributed by atoms with Crippen molar-refractivity contribution in [3.8, 4) is 0 Å². The van der Waals surface area contributed by atoms with Gasteiger partial charge in [0, 0.05) is 6.54 Å². The first-order valence-electron chi connectivity index (χ1n) is 5.08. The van der Waals surface area contributed by atoms with Crippen LogP contribution in [0.2, 0.25) is 0 Å². The first-order valence-corrected chi connectivity index (χ1v) is 5.08. The van der Waals surface area contributed by atoms with Crippen LogP contribution in [0.1, 0.15) is 19.4 Å². The lowest BCUT2D eigenvalue weighted by atomic mass is 10.2. The molecule has 0 bridgehead atoms. The molecule has 0 saturated carbocycles. The Kier molecular flexibility index (Phi) is 2.39. The third-order valence-electron chi connectivity index (χ3n) is 2.60. The summed E-state index contributed by atoms with van der Waals surface area (Å²) >= 11 is 0. The maximum absolute atomic E-state index is 11.5. The lowest BCUT2D eigenvalue weighted by molar-refractivity contribution is 0.119. The molecule has 3 heteroatoms. The Hall–Kier alpha value is -1.51. The fourth-order valence-electron chi connectivity index (χ4n) is 1.46. The molecule has 0 radical (unpaired) electrons. The monoisotopic (exact) mass is 205 g/mol. The molecule has 1 amide bonds. The number of nitrogens with zero attached hydrogens (tertiary/aromatic N) is 1. The fraction of sp³-hybridized carbons (Fsp3) is 0.417. The van der Waals surface area contributed by atoms with Crippen LogP contribution in [0.5, 0.6) is 0 Å². The number of carbonyl (C=O) groups excluding carboxylic acids is 1. The third kappa shape index (κ3) is 2.29. The van der Waals surface area contributed by atoms with Crippen molar-refractivity contribution in [1.29, 1.82) is 0 Å². The van der Waals surface area contributed by atoms with Gasteiger partial charge < -0.3 is 4.74 Å². The van der Waals surface area contributed by atoms with Crippen molar-refractivity contribution in [3.63, 3.8) is 0 Å². The van der Waals surface area contributed by atoms with Crippen LogP contribution in [-0.4, -0.2) is 23.1 Å². The molecule has 1 heterocycles. The molecule has 15 heavy (non-hydrogen) atoms. The molecule has 0 atom stereocenters. The Morgan fingerprint density at radius 3 is 2.53 bits per heavy atom. The largest absolute Gasteiger partial charge is 0.445 e. The van der Waals surface area contributed by atoms with Gasteiger partial charge >= 0.3 is 6.09 Å². The van der Waals surface area contributed by atoms with E-state index in [0.717, 1.165) is 12.1 Å². The summed E-state index contributed by atoms with van der Waals surface area (Å²) in [7, 11) is 0. The maximum Gasteiger partial charge on any atom is 0.410 e. The minimum atomic E-state index is -0.219. The summed E-state index contributed by atoms with van der Waals surface area (Å²) in [5.74, 6) is 0. The standard InChI is InChI=1S/C12H15NO2/c1-12(2)9-13(12)11(14)15-8-10-6-4-3-5-7-10/h3-7H,8-9H2,1-2H3. The summed E-state index contributed by atoms with van der Waals surface area (Å²) in [6.45, 7) is 5.19. The molecule has 1 aliphatic rings. The van der Waals surface area contributed by atoms with Crippen LogP contribution in [0, 0.1) is 0 Å². The number of rotatable bonds is 2. The van der Waals surface area contributed by atoms with E-state index in [2.05, 4.69) is 0 Å². The highest BCUT2D eigenvalue weighted by Gasteiger charge is 2.47. The molecule has 1 aromatic carbocycles. The van der Waals surface area contributed by atoms with Crippen molar-refractivity contribution in [2.75, 3.05) is 6.54 Å². The van der Waals surface area contributed by atoms with Gasteiger partial charge in [0.15, 0.2) is 0 Å². The van der Waals surface area contributed by atoms with Crippen molar-refractivity contribution >= 4 is 6.09 Å². The highest BCUT2D eigenvalue weighted by Crippen LogP contribution is 2.31.